The molecule has 1 unspecified atom stereocenters. The van der Waals surface area contributed by atoms with Gasteiger partial charge in [-0.15, -0.1) is 0 Å². The maximum absolute atomic E-state index is 12.6. The average molecular weight is 259 g/mol. The monoisotopic (exact) mass is 259 g/mol. The SMILES string of the molecule is CC1(C)NC(C=O)c2ccc(C(F)(F)F)cc2O1. The van der Waals surface area contributed by atoms with Crippen LogP contribution in [0.2, 0.25) is 0 Å². The van der Waals surface area contributed by atoms with Gasteiger partial charge in [0.05, 0.1) is 11.6 Å². The number of hydrogen-bond donors (Lipinski definition) is 1. The molecule has 1 aromatic rings. The van der Waals surface area contributed by atoms with Crippen LogP contribution in [0, 0.1) is 0 Å². The second-order valence-electron chi connectivity index (χ2n) is 4.62. The highest BCUT2D eigenvalue weighted by Gasteiger charge is 2.36. The molecule has 1 aliphatic heterocycles. The molecule has 0 radical (unpaired) electrons. The van der Waals surface area contributed by atoms with Crippen molar-refractivity contribution in [2.45, 2.75) is 31.8 Å². The molecule has 1 aliphatic rings. The molecule has 6 heteroatoms. The molecule has 0 spiro atoms. The highest BCUT2D eigenvalue weighted by atomic mass is 19.4. The van der Waals surface area contributed by atoms with Crippen molar-refractivity contribution in [2.24, 2.45) is 0 Å². The number of benzene rings is 1. The Balaban J connectivity index is 2.49. The third-order valence-electron chi connectivity index (χ3n) is 2.68. The summed E-state index contributed by atoms with van der Waals surface area (Å²) < 4.78 is 43.2. The lowest BCUT2D eigenvalue weighted by Gasteiger charge is -2.37. The van der Waals surface area contributed by atoms with Crippen molar-refractivity contribution in [3.63, 3.8) is 0 Å². The first-order valence-electron chi connectivity index (χ1n) is 5.36. The fourth-order valence-electron chi connectivity index (χ4n) is 1.92. The molecule has 18 heavy (non-hydrogen) atoms. The molecule has 0 saturated carbocycles. The quantitative estimate of drug-likeness (QED) is 0.788. The van der Waals surface area contributed by atoms with Gasteiger partial charge in [0, 0.05) is 5.56 Å². The van der Waals surface area contributed by atoms with Gasteiger partial charge in [0.25, 0.3) is 0 Å². The van der Waals surface area contributed by atoms with E-state index in [4.69, 9.17) is 4.74 Å². The lowest BCUT2D eigenvalue weighted by atomic mass is 10.0. The van der Waals surface area contributed by atoms with Crippen molar-refractivity contribution in [2.75, 3.05) is 0 Å². The second kappa shape index (κ2) is 3.98. The second-order valence-corrected chi connectivity index (χ2v) is 4.62. The molecule has 2 rings (SSSR count). The Morgan fingerprint density at radius 2 is 2.06 bits per heavy atom. The Kier molecular flexibility index (Phi) is 2.85. The number of nitrogens with one attached hydrogen (secondary N) is 1. The van der Waals surface area contributed by atoms with Crippen LogP contribution >= 0.6 is 0 Å². The van der Waals surface area contributed by atoms with Gasteiger partial charge in [-0.1, -0.05) is 6.07 Å². The number of alkyl halides is 3. The van der Waals surface area contributed by atoms with Gasteiger partial charge in [-0.05, 0) is 26.0 Å². The Hall–Kier alpha value is -1.56. The zero-order valence-corrected chi connectivity index (χ0v) is 9.84. The number of halogens is 3. The standard InChI is InChI=1S/C12H12F3NO2/c1-11(2)16-9(6-17)8-4-3-7(12(13,14)15)5-10(8)18-11/h3-6,9,16H,1-2H3. The van der Waals surface area contributed by atoms with Crippen LogP contribution in [-0.2, 0) is 11.0 Å². The largest absolute Gasteiger partial charge is 0.473 e. The molecule has 1 atom stereocenters. The molecular weight excluding hydrogens is 247 g/mol. The van der Waals surface area contributed by atoms with Gasteiger partial charge in [-0.2, -0.15) is 13.2 Å². The van der Waals surface area contributed by atoms with E-state index in [-0.39, 0.29) is 5.75 Å². The van der Waals surface area contributed by atoms with Crippen LogP contribution in [-0.4, -0.2) is 12.0 Å². The first-order valence-corrected chi connectivity index (χ1v) is 5.36. The van der Waals surface area contributed by atoms with Gasteiger partial charge < -0.3 is 9.53 Å². The minimum atomic E-state index is -4.43. The van der Waals surface area contributed by atoms with E-state index in [9.17, 15) is 18.0 Å². The third-order valence-corrected chi connectivity index (χ3v) is 2.68. The first-order chi connectivity index (χ1) is 8.23. The normalized spacial score (nSPS) is 21.9. The Bertz CT molecular complexity index is 483. The molecule has 0 amide bonds. The summed E-state index contributed by atoms with van der Waals surface area (Å²) in [6.45, 7) is 3.29. The highest BCUT2D eigenvalue weighted by Crippen LogP contribution is 2.38. The van der Waals surface area contributed by atoms with Gasteiger partial charge in [-0.3, -0.25) is 5.32 Å². The maximum Gasteiger partial charge on any atom is 0.416 e. The van der Waals surface area contributed by atoms with Gasteiger partial charge in [-0.25, -0.2) is 0 Å². The molecule has 0 aromatic heterocycles. The first kappa shape index (κ1) is 12.9. The van der Waals surface area contributed by atoms with Crippen molar-refractivity contribution in [1.82, 2.24) is 5.32 Å². The predicted octanol–water partition coefficient (Wildman–Crippen LogP) is 2.66. The van der Waals surface area contributed by atoms with E-state index in [1.165, 1.54) is 6.07 Å². The lowest BCUT2D eigenvalue weighted by Crippen LogP contribution is -2.50. The summed E-state index contributed by atoms with van der Waals surface area (Å²) in [6, 6.07) is 2.47. The smallest absolute Gasteiger partial charge is 0.416 e. The molecule has 1 heterocycles. The number of ether oxygens (including phenoxy) is 1. The predicted molar refractivity (Wildman–Crippen MR) is 58.1 cm³/mol. The minimum absolute atomic E-state index is 0.0886. The summed E-state index contributed by atoms with van der Waals surface area (Å²) >= 11 is 0. The summed E-state index contributed by atoms with van der Waals surface area (Å²) in [5.41, 5.74) is -1.26. The number of carbonyl (C=O) groups is 1. The van der Waals surface area contributed by atoms with Gasteiger partial charge in [0.2, 0.25) is 0 Å². The Morgan fingerprint density at radius 3 is 2.61 bits per heavy atom. The van der Waals surface area contributed by atoms with Crippen LogP contribution in [0.3, 0.4) is 0 Å². The van der Waals surface area contributed by atoms with Crippen molar-refractivity contribution < 1.29 is 22.7 Å². The van der Waals surface area contributed by atoms with Crippen LogP contribution in [0.15, 0.2) is 18.2 Å². The van der Waals surface area contributed by atoms with Crippen LogP contribution in [0.5, 0.6) is 5.75 Å². The topological polar surface area (TPSA) is 38.3 Å². The summed E-state index contributed by atoms with van der Waals surface area (Å²) in [7, 11) is 0. The molecular formula is C12H12F3NO2. The summed E-state index contributed by atoms with van der Waals surface area (Å²) in [6.07, 6.45) is -3.78. The molecule has 3 nitrogen and oxygen atoms in total. The highest BCUT2D eigenvalue weighted by molar-refractivity contribution is 5.65. The third kappa shape index (κ3) is 2.33. The van der Waals surface area contributed by atoms with E-state index in [0.29, 0.717) is 11.8 Å². The Labute approximate surface area is 102 Å². The van der Waals surface area contributed by atoms with E-state index in [2.05, 4.69) is 5.32 Å². The van der Waals surface area contributed by atoms with E-state index >= 15 is 0 Å². The zero-order valence-electron chi connectivity index (χ0n) is 9.84. The number of aldehydes is 1. The molecule has 1 aromatic carbocycles. The van der Waals surface area contributed by atoms with E-state index in [0.717, 1.165) is 12.1 Å². The van der Waals surface area contributed by atoms with E-state index < -0.39 is 23.5 Å². The maximum atomic E-state index is 12.6. The molecule has 1 N–H and O–H groups in total. The lowest BCUT2D eigenvalue weighted by molar-refractivity contribution is -0.137. The van der Waals surface area contributed by atoms with Crippen molar-refractivity contribution in [3.8, 4) is 5.75 Å². The molecule has 0 fully saturated rings. The van der Waals surface area contributed by atoms with Crippen LogP contribution in [0.25, 0.3) is 0 Å². The van der Waals surface area contributed by atoms with Gasteiger partial charge >= 0.3 is 6.18 Å². The van der Waals surface area contributed by atoms with Crippen molar-refractivity contribution in [3.05, 3.63) is 29.3 Å². The van der Waals surface area contributed by atoms with Crippen LogP contribution < -0.4 is 10.1 Å². The molecule has 0 bridgehead atoms. The number of rotatable bonds is 1. The minimum Gasteiger partial charge on any atom is -0.473 e. The molecule has 98 valence electrons. The Morgan fingerprint density at radius 1 is 1.39 bits per heavy atom. The molecule has 0 aliphatic carbocycles. The van der Waals surface area contributed by atoms with Crippen LogP contribution in [0.1, 0.15) is 31.0 Å². The van der Waals surface area contributed by atoms with E-state index in [1.54, 1.807) is 13.8 Å². The number of carbonyl (C=O) groups excluding carboxylic acids is 1. The fraction of sp³-hybridized carbons (Fsp3) is 0.417. The summed E-state index contributed by atoms with van der Waals surface area (Å²) in [4.78, 5) is 11.0. The summed E-state index contributed by atoms with van der Waals surface area (Å²) in [5, 5.41) is 2.89. The van der Waals surface area contributed by atoms with Crippen LogP contribution in [0.4, 0.5) is 13.2 Å². The van der Waals surface area contributed by atoms with Crippen molar-refractivity contribution in [1.29, 1.82) is 0 Å². The van der Waals surface area contributed by atoms with Gasteiger partial charge in [0.1, 0.15) is 12.0 Å². The van der Waals surface area contributed by atoms with Gasteiger partial charge in [0.15, 0.2) is 5.72 Å². The van der Waals surface area contributed by atoms with E-state index in [1.807, 2.05) is 0 Å². The number of fused-ring (bicyclic) bond motifs is 1. The molecule has 0 saturated heterocycles. The fourth-order valence-corrected chi connectivity index (χ4v) is 1.92. The zero-order chi connectivity index (χ0) is 13.6. The van der Waals surface area contributed by atoms with Crippen molar-refractivity contribution >= 4 is 6.29 Å². The number of hydrogen-bond acceptors (Lipinski definition) is 3. The average Bonchev–Trinajstić information content (AvgIpc) is 2.24. The summed E-state index contributed by atoms with van der Waals surface area (Å²) in [5.74, 6) is 0.0886.